The average Bonchev–Trinajstić information content (AvgIpc) is 3.18. The van der Waals surface area contributed by atoms with Gasteiger partial charge in [0.05, 0.1) is 0 Å². The summed E-state index contributed by atoms with van der Waals surface area (Å²) in [5.74, 6) is 0.828. The number of rotatable bonds is 43. The molecule has 0 N–H and O–H groups in total. The van der Waals surface area contributed by atoms with Crippen LogP contribution in [0.1, 0.15) is 266 Å². The first-order chi connectivity index (χ1) is 26.8. The number of carbonyl (C=O) groups excluding carboxylic acids is 3. The van der Waals surface area contributed by atoms with E-state index < -0.39 is 6.10 Å². The molecule has 55 heavy (non-hydrogen) atoms. The van der Waals surface area contributed by atoms with E-state index in [0.29, 0.717) is 19.3 Å². The first-order valence-electron chi connectivity index (χ1n) is 24.3. The lowest BCUT2D eigenvalue weighted by atomic mass is 9.99. The molecular weight excluding hydrogens is 685 g/mol. The van der Waals surface area contributed by atoms with E-state index in [0.717, 1.165) is 69.6 Å². The summed E-state index contributed by atoms with van der Waals surface area (Å²) in [6, 6.07) is 0. The van der Waals surface area contributed by atoms with E-state index in [9.17, 15) is 14.4 Å². The quantitative estimate of drug-likeness (QED) is 0.0348. The molecule has 0 rings (SSSR count). The molecule has 0 amide bonds. The molecule has 0 aliphatic heterocycles. The predicted molar refractivity (Wildman–Crippen MR) is 233 cm³/mol. The van der Waals surface area contributed by atoms with Gasteiger partial charge in [-0.1, -0.05) is 227 Å². The van der Waals surface area contributed by atoms with Crippen LogP contribution in [0.5, 0.6) is 0 Å². The van der Waals surface area contributed by atoms with Crippen LogP contribution in [-0.2, 0) is 28.6 Å². The largest absolute Gasteiger partial charge is 0.462 e. The minimum Gasteiger partial charge on any atom is -0.462 e. The van der Waals surface area contributed by atoms with Gasteiger partial charge < -0.3 is 14.2 Å². The first-order valence-corrected chi connectivity index (χ1v) is 24.3. The molecule has 0 saturated heterocycles. The molecule has 0 bridgehead atoms. The van der Waals surface area contributed by atoms with Crippen LogP contribution in [0.15, 0.2) is 0 Å². The van der Waals surface area contributed by atoms with Gasteiger partial charge in [-0.05, 0) is 31.1 Å². The van der Waals surface area contributed by atoms with E-state index in [4.69, 9.17) is 14.2 Å². The molecule has 6 heteroatoms. The van der Waals surface area contributed by atoms with Gasteiger partial charge in [-0.3, -0.25) is 14.4 Å². The molecule has 0 fully saturated rings. The number of ether oxygens (including phenoxy) is 3. The summed E-state index contributed by atoms with van der Waals surface area (Å²) < 4.78 is 16.8. The monoisotopic (exact) mass is 779 g/mol. The van der Waals surface area contributed by atoms with Gasteiger partial charge in [-0.15, -0.1) is 0 Å². The Morgan fingerprint density at radius 2 is 0.636 bits per heavy atom. The van der Waals surface area contributed by atoms with Gasteiger partial charge >= 0.3 is 17.9 Å². The van der Waals surface area contributed by atoms with Crippen molar-refractivity contribution >= 4 is 17.9 Å². The Balaban J connectivity index is 4.33. The number of unbranched alkanes of at least 4 members (excludes halogenated alkanes) is 26. The topological polar surface area (TPSA) is 78.9 Å². The fourth-order valence-corrected chi connectivity index (χ4v) is 7.22. The Labute approximate surface area is 342 Å². The van der Waals surface area contributed by atoms with Crippen LogP contribution >= 0.6 is 0 Å². The third-order valence-electron chi connectivity index (χ3n) is 11.7. The lowest BCUT2D eigenvalue weighted by molar-refractivity contribution is -0.167. The molecule has 0 aromatic rings. The van der Waals surface area contributed by atoms with E-state index in [1.54, 1.807) is 0 Å². The van der Waals surface area contributed by atoms with Crippen molar-refractivity contribution < 1.29 is 28.6 Å². The summed E-state index contributed by atoms with van der Waals surface area (Å²) >= 11 is 0. The maximum absolute atomic E-state index is 12.7. The number of esters is 3. The van der Waals surface area contributed by atoms with Gasteiger partial charge in [0.2, 0.25) is 0 Å². The number of hydrogen-bond acceptors (Lipinski definition) is 6. The molecule has 0 heterocycles. The highest BCUT2D eigenvalue weighted by atomic mass is 16.6. The molecule has 0 saturated carbocycles. The van der Waals surface area contributed by atoms with Crippen molar-refractivity contribution in [3.05, 3.63) is 0 Å². The van der Waals surface area contributed by atoms with Gasteiger partial charge in [0.15, 0.2) is 6.10 Å². The molecule has 6 nitrogen and oxygen atoms in total. The first kappa shape index (κ1) is 53.4. The van der Waals surface area contributed by atoms with Crippen molar-refractivity contribution in [2.45, 2.75) is 272 Å². The molecular formula is C49H94O6. The van der Waals surface area contributed by atoms with Gasteiger partial charge in [-0.2, -0.15) is 0 Å². The van der Waals surface area contributed by atoms with Crippen molar-refractivity contribution in [2.75, 3.05) is 13.2 Å². The minimum atomic E-state index is -0.761. The SMILES string of the molecule is CCCCCCCCCCCCCCCC(=O)O[C@@H](COC(=O)CCCCCCCCCCCCC(C)CC)COC(=O)CCCCCCCCC(C)CC. The Kier molecular flexibility index (Phi) is 40.8. The lowest BCUT2D eigenvalue weighted by Gasteiger charge is -2.18. The lowest BCUT2D eigenvalue weighted by Crippen LogP contribution is -2.30. The summed E-state index contributed by atoms with van der Waals surface area (Å²) in [7, 11) is 0. The highest BCUT2D eigenvalue weighted by Crippen LogP contribution is 2.18. The van der Waals surface area contributed by atoms with Crippen LogP contribution in [0.2, 0.25) is 0 Å². The van der Waals surface area contributed by atoms with Gasteiger partial charge in [0.1, 0.15) is 13.2 Å². The molecule has 0 radical (unpaired) electrons. The molecule has 326 valence electrons. The standard InChI is InChI=1S/C49H94O6/c1-6-9-10-11-12-13-14-15-16-21-24-31-36-41-49(52)55-46(43-54-48(51)40-35-30-26-25-28-33-38-45(5)8-3)42-53-47(50)39-34-29-23-20-18-17-19-22-27-32-37-44(4)7-2/h44-46H,6-43H2,1-5H3/t44?,45?,46-/m0/s1. The highest BCUT2D eigenvalue weighted by molar-refractivity contribution is 5.71. The second kappa shape index (κ2) is 42.0. The fraction of sp³-hybridized carbons (Fsp3) is 0.939. The maximum atomic E-state index is 12.7. The summed E-state index contributed by atoms with van der Waals surface area (Å²) in [6.07, 6.45) is 40.8. The Hall–Kier alpha value is -1.59. The van der Waals surface area contributed by atoms with E-state index >= 15 is 0 Å². The van der Waals surface area contributed by atoms with Crippen molar-refractivity contribution in [1.29, 1.82) is 0 Å². The zero-order valence-electron chi connectivity index (χ0n) is 37.6. The number of carbonyl (C=O) groups is 3. The number of hydrogen-bond donors (Lipinski definition) is 0. The molecule has 3 atom stereocenters. The van der Waals surface area contributed by atoms with Crippen LogP contribution in [0.3, 0.4) is 0 Å². The van der Waals surface area contributed by atoms with Gasteiger partial charge in [-0.25, -0.2) is 0 Å². The summed E-state index contributed by atoms with van der Waals surface area (Å²) in [4.78, 5) is 37.8. The second-order valence-corrected chi connectivity index (χ2v) is 17.2. The smallest absolute Gasteiger partial charge is 0.306 e. The van der Waals surface area contributed by atoms with Crippen molar-refractivity contribution in [1.82, 2.24) is 0 Å². The van der Waals surface area contributed by atoms with E-state index in [1.165, 1.54) is 154 Å². The molecule has 0 aromatic heterocycles. The zero-order valence-corrected chi connectivity index (χ0v) is 37.6. The molecule has 0 spiro atoms. The maximum Gasteiger partial charge on any atom is 0.306 e. The summed E-state index contributed by atoms with van der Waals surface area (Å²) in [5, 5.41) is 0. The molecule has 0 aliphatic carbocycles. The third-order valence-corrected chi connectivity index (χ3v) is 11.7. The molecule has 0 aliphatic rings. The second-order valence-electron chi connectivity index (χ2n) is 17.2. The molecule has 0 aromatic carbocycles. The summed E-state index contributed by atoms with van der Waals surface area (Å²) in [6.45, 7) is 11.3. The van der Waals surface area contributed by atoms with E-state index in [1.807, 2.05) is 0 Å². The van der Waals surface area contributed by atoms with Crippen LogP contribution in [-0.4, -0.2) is 37.2 Å². The highest BCUT2D eigenvalue weighted by Gasteiger charge is 2.19. The van der Waals surface area contributed by atoms with Gasteiger partial charge in [0.25, 0.3) is 0 Å². The van der Waals surface area contributed by atoms with Crippen molar-refractivity contribution in [3.63, 3.8) is 0 Å². The average molecular weight is 779 g/mol. The van der Waals surface area contributed by atoms with Gasteiger partial charge in [0, 0.05) is 19.3 Å². The molecule has 2 unspecified atom stereocenters. The van der Waals surface area contributed by atoms with E-state index in [2.05, 4.69) is 34.6 Å². The Bertz CT molecular complexity index is 843. The van der Waals surface area contributed by atoms with Crippen molar-refractivity contribution in [3.8, 4) is 0 Å². The van der Waals surface area contributed by atoms with Crippen LogP contribution in [0.4, 0.5) is 0 Å². The minimum absolute atomic E-state index is 0.0650. The van der Waals surface area contributed by atoms with Crippen LogP contribution in [0.25, 0.3) is 0 Å². The third kappa shape index (κ3) is 40.4. The normalized spacial score (nSPS) is 13.0. The van der Waals surface area contributed by atoms with Crippen molar-refractivity contribution in [2.24, 2.45) is 11.8 Å². The Morgan fingerprint density at radius 1 is 0.364 bits per heavy atom. The summed E-state index contributed by atoms with van der Waals surface area (Å²) in [5.41, 5.74) is 0. The predicted octanol–water partition coefficient (Wildman–Crippen LogP) is 15.4. The fourth-order valence-electron chi connectivity index (χ4n) is 7.22. The van der Waals surface area contributed by atoms with E-state index in [-0.39, 0.29) is 31.1 Å². The zero-order chi connectivity index (χ0) is 40.5. The Morgan fingerprint density at radius 3 is 0.945 bits per heavy atom. The van der Waals surface area contributed by atoms with Crippen LogP contribution in [0, 0.1) is 11.8 Å². The van der Waals surface area contributed by atoms with Crippen LogP contribution < -0.4 is 0 Å².